The number of nitrogens with zero attached hydrogens (tertiary/aromatic N) is 2. The molecule has 122 valence electrons. The Kier molecular flexibility index (Phi) is 4.52. The summed E-state index contributed by atoms with van der Waals surface area (Å²) in [6.45, 7) is 5.27. The summed E-state index contributed by atoms with van der Waals surface area (Å²) in [4.78, 5) is 8.05. The minimum absolute atomic E-state index is 0.0741. The molecule has 0 saturated heterocycles. The molecule has 0 aliphatic carbocycles. The van der Waals surface area contributed by atoms with Gasteiger partial charge < -0.3 is 20.9 Å². The molecule has 4 N–H and O–H groups in total. The molecule has 2 aliphatic heterocycles. The molecule has 0 fully saturated rings. The van der Waals surface area contributed by atoms with E-state index < -0.39 is 0 Å². The van der Waals surface area contributed by atoms with Crippen LogP contribution in [0.4, 0.5) is 11.6 Å². The second kappa shape index (κ2) is 6.43. The molecular formula is C16H19BrN4O2. The monoisotopic (exact) mass is 378 g/mol. The van der Waals surface area contributed by atoms with Crippen LogP contribution in [0, 0.1) is 0 Å². The lowest BCUT2D eigenvalue weighted by Crippen LogP contribution is -1.99. The molecule has 2 aromatic rings. The van der Waals surface area contributed by atoms with Gasteiger partial charge in [0.05, 0.1) is 25.4 Å². The fourth-order valence-electron chi connectivity index (χ4n) is 2.87. The molecule has 0 aromatic carbocycles. The minimum Gasteiger partial charge on any atom is -0.383 e. The van der Waals surface area contributed by atoms with Crippen LogP contribution < -0.4 is 11.5 Å². The average Bonchev–Trinajstić information content (AvgIpc) is 3.09. The van der Waals surface area contributed by atoms with Gasteiger partial charge >= 0.3 is 0 Å². The standard InChI is InChI=1S/C8H9BrN2O.C8H10N2O/c1-4-7-5(3-12-4)6(9)2-11-8(7)10;1-5-7-6(4-11-5)2-3-10-8(7)9/h2,4H,3H2,1H3,(H2,10,11);2-3,5H,4H2,1H3,(H2,9,10). The quantitative estimate of drug-likeness (QED) is 0.729. The molecule has 4 rings (SSSR count). The van der Waals surface area contributed by atoms with Gasteiger partial charge in [-0.25, -0.2) is 9.97 Å². The Balaban J connectivity index is 0.000000136. The van der Waals surface area contributed by atoms with Crippen molar-refractivity contribution in [2.75, 3.05) is 11.5 Å². The third kappa shape index (κ3) is 3.04. The number of hydrogen-bond acceptors (Lipinski definition) is 6. The molecule has 2 unspecified atom stereocenters. The van der Waals surface area contributed by atoms with Crippen LogP contribution in [0.25, 0.3) is 0 Å². The van der Waals surface area contributed by atoms with E-state index in [9.17, 15) is 0 Å². The first-order chi connectivity index (χ1) is 11.0. The normalized spacial score (nSPS) is 21.3. The molecule has 6 nitrogen and oxygen atoms in total. The number of rotatable bonds is 0. The molecule has 0 amide bonds. The van der Waals surface area contributed by atoms with Crippen molar-refractivity contribution in [2.24, 2.45) is 0 Å². The SMILES string of the molecule is CC1OCc2c(Br)cnc(N)c21.CC1OCc2ccnc(N)c21. The first-order valence-corrected chi connectivity index (χ1v) is 8.17. The Morgan fingerprint density at radius 3 is 2.39 bits per heavy atom. The van der Waals surface area contributed by atoms with Gasteiger partial charge in [0.25, 0.3) is 0 Å². The van der Waals surface area contributed by atoms with E-state index in [4.69, 9.17) is 20.9 Å². The maximum absolute atomic E-state index is 5.72. The predicted octanol–water partition coefficient (Wildman–Crippen LogP) is 3.27. The van der Waals surface area contributed by atoms with E-state index in [0.717, 1.165) is 21.2 Å². The van der Waals surface area contributed by atoms with E-state index in [-0.39, 0.29) is 12.2 Å². The first-order valence-electron chi connectivity index (χ1n) is 7.38. The zero-order valence-corrected chi connectivity index (χ0v) is 14.6. The highest BCUT2D eigenvalue weighted by Gasteiger charge is 2.24. The van der Waals surface area contributed by atoms with Crippen LogP contribution >= 0.6 is 15.9 Å². The summed E-state index contributed by atoms with van der Waals surface area (Å²) in [5, 5.41) is 0. The largest absolute Gasteiger partial charge is 0.383 e. The van der Waals surface area contributed by atoms with E-state index in [1.165, 1.54) is 5.56 Å². The lowest BCUT2D eigenvalue weighted by molar-refractivity contribution is 0.0796. The van der Waals surface area contributed by atoms with Crippen molar-refractivity contribution in [3.8, 4) is 0 Å². The topological polar surface area (TPSA) is 96.3 Å². The highest BCUT2D eigenvalue weighted by molar-refractivity contribution is 9.10. The molecular weight excluding hydrogens is 360 g/mol. The lowest BCUT2D eigenvalue weighted by Gasteiger charge is -2.06. The van der Waals surface area contributed by atoms with Crippen molar-refractivity contribution in [3.05, 3.63) is 45.2 Å². The van der Waals surface area contributed by atoms with Gasteiger partial charge in [-0.05, 0) is 41.4 Å². The summed E-state index contributed by atoms with van der Waals surface area (Å²) in [5.74, 6) is 1.19. The van der Waals surface area contributed by atoms with Gasteiger partial charge in [0.15, 0.2) is 0 Å². The van der Waals surface area contributed by atoms with Gasteiger partial charge in [-0.3, -0.25) is 0 Å². The van der Waals surface area contributed by atoms with Crippen molar-refractivity contribution in [1.82, 2.24) is 9.97 Å². The number of hydrogen-bond donors (Lipinski definition) is 2. The number of nitrogens with two attached hydrogens (primary N) is 2. The summed E-state index contributed by atoms with van der Waals surface area (Å²) in [6.07, 6.45) is 3.62. The molecule has 0 saturated carbocycles. The van der Waals surface area contributed by atoms with Crippen LogP contribution in [-0.2, 0) is 22.7 Å². The van der Waals surface area contributed by atoms with Crippen LogP contribution in [0.5, 0.6) is 0 Å². The average molecular weight is 379 g/mol. The number of aromatic nitrogens is 2. The second-order valence-corrected chi connectivity index (χ2v) is 6.41. The van der Waals surface area contributed by atoms with Crippen molar-refractivity contribution < 1.29 is 9.47 Å². The van der Waals surface area contributed by atoms with Crippen LogP contribution in [0.2, 0.25) is 0 Å². The van der Waals surface area contributed by atoms with Gasteiger partial charge in [0.2, 0.25) is 0 Å². The van der Waals surface area contributed by atoms with Crippen LogP contribution in [-0.4, -0.2) is 9.97 Å². The number of ether oxygens (including phenoxy) is 2. The van der Waals surface area contributed by atoms with Gasteiger partial charge in [0.1, 0.15) is 11.6 Å². The van der Waals surface area contributed by atoms with Crippen molar-refractivity contribution in [1.29, 1.82) is 0 Å². The first kappa shape index (κ1) is 16.2. The lowest BCUT2D eigenvalue weighted by atomic mass is 10.1. The Morgan fingerprint density at radius 1 is 1.04 bits per heavy atom. The molecule has 0 bridgehead atoms. The molecule has 0 radical (unpaired) electrons. The smallest absolute Gasteiger partial charge is 0.129 e. The van der Waals surface area contributed by atoms with Crippen molar-refractivity contribution >= 4 is 27.6 Å². The highest BCUT2D eigenvalue weighted by atomic mass is 79.9. The summed E-state index contributed by atoms with van der Waals surface area (Å²) in [6, 6.07) is 1.95. The van der Waals surface area contributed by atoms with E-state index in [1.54, 1.807) is 12.4 Å². The van der Waals surface area contributed by atoms with E-state index in [0.29, 0.717) is 24.8 Å². The number of nitrogen functional groups attached to an aromatic ring is 2. The van der Waals surface area contributed by atoms with Crippen LogP contribution in [0.3, 0.4) is 0 Å². The molecule has 2 atom stereocenters. The Hall–Kier alpha value is -1.70. The summed E-state index contributed by atoms with van der Waals surface area (Å²) in [5.41, 5.74) is 15.8. The number of anilines is 2. The molecule has 2 aromatic heterocycles. The van der Waals surface area contributed by atoms with Gasteiger partial charge in [-0.15, -0.1) is 0 Å². The Morgan fingerprint density at radius 2 is 1.70 bits per heavy atom. The molecule has 7 heteroatoms. The summed E-state index contributed by atoms with van der Waals surface area (Å²) < 4.78 is 11.8. The third-order valence-corrected chi connectivity index (χ3v) is 4.78. The molecule has 0 spiro atoms. The van der Waals surface area contributed by atoms with E-state index >= 15 is 0 Å². The minimum atomic E-state index is 0.0741. The maximum Gasteiger partial charge on any atom is 0.129 e. The zero-order valence-electron chi connectivity index (χ0n) is 13.0. The fraction of sp³-hybridized carbons (Fsp3) is 0.375. The summed E-state index contributed by atoms with van der Waals surface area (Å²) in [7, 11) is 0. The van der Waals surface area contributed by atoms with E-state index in [1.807, 2.05) is 19.9 Å². The van der Waals surface area contributed by atoms with Crippen molar-refractivity contribution in [2.45, 2.75) is 39.3 Å². The van der Waals surface area contributed by atoms with E-state index in [2.05, 4.69) is 25.9 Å². The van der Waals surface area contributed by atoms with Gasteiger partial charge in [-0.1, -0.05) is 0 Å². The van der Waals surface area contributed by atoms with Crippen LogP contribution in [0.1, 0.15) is 48.3 Å². The molecule has 4 heterocycles. The number of pyridine rings is 2. The predicted molar refractivity (Wildman–Crippen MR) is 91.4 cm³/mol. The Labute approximate surface area is 143 Å². The highest BCUT2D eigenvalue weighted by Crippen LogP contribution is 2.37. The van der Waals surface area contributed by atoms with Gasteiger partial charge in [0, 0.05) is 33.6 Å². The number of fused-ring (bicyclic) bond motifs is 2. The summed E-state index contributed by atoms with van der Waals surface area (Å²) >= 11 is 3.41. The Bertz CT molecular complexity index is 738. The van der Waals surface area contributed by atoms with Gasteiger partial charge in [-0.2, -0.15) is 0 Å². The second-order valence-electron chi connectivity index (χ2n) is 5.56. The maximum atomic E-state index is 5.72. The molecule has 2 aliphatic rings. The number of halogens is 1. The van der Waals surface area contributed by atoms with Crippen molar-refractivity contribution in [3.63, 3.8) is 0 Å². The third-order valence-electron chi connectivity index (χ3n) is 4.10. The fourth-order valence-corrected chi connectivity index (χ4v) is 3.30. The zero-order chi connectivity index (χ0) is 16.6. The van der Waals surface area contributed by atoms with Crippen LogP contribution in [0.15, 0.2) is 22.9 Å². The molecule has 23 heavy (non-hydrogen) atoms.